The van der Waals surface area contributed by atoms with Crippen LogP contribution in [-0.4, -0.2) is 4.92 Å². The zero-order valence-corrected chi connectivity index (χ0v) is 11.1. The first kappa shape index (κ1) is 13.7. The van der Waals surface area contributed by atoms with E-state index in [9.17, 15) is 10.1 Å². The van der Waals surface area contributed by atoms with Gasteiger partial charge in [-0.25, -0.2) is 0 Å². The van der Waals surface area contributed by atoms with Crippen LogP contribution in [0.4, 0.5) is 5.69 Å². The quantitative estimate of drug-likeness (QED) is 0.552. The minimum absolute atomic E-state index is 0.237. The van der Waals surface area contributed by atoms with Gasteiger partial charge in [-0.05, 0) is 30.2 Å². The second kappa shape index (κ2) is 5.80. The fourth-order valence-corrected chi connectivity index (χ4v) is 1.90. The molecule has 0 saturated carbocycles. The van der Waals surface area contributed by atoms with Crippen molar-refractivity contribution in [3.05, 3.63) is 39.4 Å². The van der Waals surface area contributed by atoms with Crippen LogP contribution in [0.15, 0.2) is 18.2 Å². The van der Waals surface area contributed by atoms with Crippen LogP contribution < -0.4 is 0 Å². The Kier molecular flexibility index (Phi) is 4.67. The molecule has 0 aromatic heterocycles. The van der Waals surface area contributed by atoms with Crippen LogP contribution >= 0.6 is 0 Å². The predicted octanol–water partition coefficient (Wildman–Crippen LogP) is 4.62. The van der Waals surface area contributed by atoms with Crippen LogP contribution in [0, 0.1) is 10.1 Å². The van der Waals surface area contributed by atoms with Crippen molar-refractivity contribution in [2.75, 3.05) is 0 Å². The molecule has 2 unspecified atom stereocenters. The molecule has 3 nitrogen and oxygen atoms in total. The summed E-state index contributed by atoms with van der Waals surface area (Å²) in [5.41, 5.74) is 2.19. The summed E-state index contributed by atoms with van der Waals surface area (Å²) in [6.07, 6.45) is 1.92. The van der Waals surface area contributed by atoms with Gasteiger partial charge < -0.3 is 0 Å². The average molecular weight is 235 g/mol. The van der Waals surface area contributed by atoms with E-state index in [0.717, 1.165) is 24.0 Å². The van der Waals surface area contributed by atoms with Crippen molar-refractivity contribution in [2.45, 2.75) is 52.4 Å². The van der Waals surface area contributed by atoms with Gasteiger partial charge in [0, 0.05) is 11.6 Å². The molecule has 0 spiro atoms. The summed E-state index contributed by atoms with van der Waals surface area (Å²) in [5.74, 6) is 0.612. The van der Waals surface area contributed by atoms with Crippen LogP contribution in [-0.2, 0) is 0 Å². The minimum atomic E-state index is -0.257. The van der Waals surface area contributed by atoms with Crippen molar-refractivity contribution >= 4 is 5.69 Å². The Balaban J connectivity index is 3.22. The molecule has 0 heterocycles. The van der Waals surface area contributed by atoms with Crippen molar-refractivity contribution in [1.29, 1.82) is 0 Å². The SMILES string of the molecule is CCC(C)c1ccc(C(C)CC)c([N+](=O)[O-])c1. The summed E-state index contributed by atoms with van der Waals surface area (Å²) in [4.78, 5) is 10.9. The highest BCUT2D eigenvalue weighted by molar-refractivity contribution is 5.46. The zero-order valence-electron chi connectivity index (χ0n) is 11.1. The van der Waals surface area contributed by atoms with Crippen molar-refractivity contribution in [1.82, 2.24) is 0 Å². The van der Waals surface area contributed by atoms with Crippen LogP contribution in [0.2, 0.25) is 0 Å². The molecule has 0 aliphatic carbocycles. The number of nitrogens with zero attached hydrogens (tertiary/aromatic N) is 1. The molecule has 0 aliphatic rings. The molecule has 0 bridgehead atoms. The Morgan fingerprint density at radius 1 is 1.18 bits per heavy atom. The number of nitro groups is 1. The highest BCUT2D eigenvalue weighted by Crippen LogP contribution is 2.32. The Bertz CT molecular complexity index is 401. The lowest BCUT2D eigenvalue weighted by atomic mass is 9.91. The minimum Gasteiger partial charge on any atom is -0.258 e. The lowest BCUT2D eigenvalue weighted by Gasteiger charge is -2.13. The van der Waals surface area contributed by atoms with E-state index < -0.39 is 0 Å². The van der Waals surface area contributed by atoms with E-state index in [1.54, 1.807) is 6.07 Å². The third kappa shape index (κ3) is 3.05. The van der Waals surface area contributed by atoms with Crippen LogP contribution in [0.25, 0.3) is 0 Å². The Morgan fingerprint density at radius 2 is 1.76 bits per heavy atom. The third-order valence-electron chi connectivity index (χ3n) is 3.58. The standard InChI is InChI=1S/C14H21NO2/c1-5-10(3)12-7-8-13(11(4)6-2)14(9-12)15(16)17/h7-11H,5-6H2,1-4H3. The molecule has 0 aliphatic heterocycles. The first-order valence-corrected chi connectivity index (χ1v) is 6.29. The van der Waals surface area contributed by atoms with Gasteiger partial charge in [0.1, 0.15) is 0 Å². The average Bonchev–Trinajstić information content (AvgIpc) is 2.35. The van der Waals surface area contributed by atoms with Gasteiger partial charge in [0.05, 0.1) is 4.92 Å². The second-order valence-electron chi connectivity index (χ2n) is 4.69. The third-order valence-corrected chi connectivity index (χ3v) is 3.58. The zero-order chi connectivity index (χ0) is 13.0. The molecule has 17 heavy (non-hydrogen) atoms. The van der Waals surface area contributed by atoms with E-state index in [2.05, 4.69) is 20.8 Å². The van der Waals surface area contributed by atoms with Gasteiger partial charge in [-0.3, -0.25) is 10.1 Å². The van der Waals surface area contributed by atoms with E-state index in [1.165, 1.54) is 0 Å². The van der Waals surface area contributed by atoms with Crippen molar-refractivity contribution in [3.63, 3.8) is 0 Å². The molecule has 2 atom stereocenters. The van der Waals surface area contributed by atoms with E-state index in [4.69, 9.17) is 0 Å². The van der Waals surface area contributed by atoms with Gasteiger partial charge in [-0.15, -0.1) is 0 Å². The fourth-order valence-electron chi connectivity index (χ4n) is 1.90. The molecule has 0 N–H and O–H groups in total. The Labute approximate surface area is 103 Å². The number of nitro benzene ring substituents is 1. The highest BCUT2D eigenvalue weighted by atomic mass is 16.6. The maximum atomic E-state index is 11.1. The predicted molar refractivity (Wildman–Crippen MR) is 70.5 cm³/mol. The first-order chi connectivity index (χ1) is 8.01. The Morgan fingerprint density at radius 3 is 2.24 bits per heavy atom. The van der Waals surface area contributed by atoms with Gasteiger partial charge in [0.15, 0.2) is 0 Å². The van der Waals surface area contributed by atoms with Gasteiger partial charge in [-0.1, -0.05) is 39.8 Å². The topological polar surface area (TPSA) is 43.1 Å². The van der Waals surface area contributed by atoms with E-state index >= 15 is 0 Å². The molecule has 1 aromatic rings. The van der Waals surface area contributed by atoms with E-state index in [1.807, 2.05) is 19.1 Å². The molecule has 1 rings (SSSR count). The van der Waals surface area contributed by atoms with E-state index in [-0.39, 0.29) is 16.5 Å². The molecule has 0 radical (unpaired) electrons. The van der Waals surface area contributed by atoms with Crippen molar-refractivity contribution in [3.8, 4) is 0 Å². The molecular formula is C14H21NO2. The summed E-state index contributed by atoms with van der Waals surface area (Å²) in [6, 6.07) is 5.70. The number of benzene rings is 1. The maximum Gasteiger partial charge on any atom is 0.273 e. The van der Waals surface area contributed by atoms with Gasteiger partial charge in [-0.2, -0.15) is 0 Å². The van der Waals surface area contributed by atoms with Crippen molar-refractivity contribution in [2.24, 2.45) is 0 Å². The van der Waals surface area contributed by atoms with Crippen molar-refractivity contribution < 1.29 is 4.92 Å². The lowest BCUT2D eigenvalue weighted by molar-refractivity contribution is -0.385. The number of rotatable bonds is 5. The molecular weight excluding hydrogens is 214 g/mol. The molecule has 94 valence electrons. The maximum absolute atomic E-state index is 11.1. The fraction of sp³-hybridized carbons (Fsp3) is 0.571. The molecule has 1 aromatic carbocycles. The molecule has 0 amide bonds. The van der Waals surface area contributed by atoms with Gasteiger partial charge in [0.25, 0.3) is 5.69 Å². The van der Waals surface area contributed by atoms with Crippen LogP contribution in [0.5, 0.6) is 0 Å². The number of hydrogen-bond acceptors (Lipinski definition) is 2. The summed E-state index contributed by atoms with van der Waals surface area (Å²) in [5, 5.41) is 11.1. The van der Waals surface area contributed by atoms with Crippen LogP contribution in [0.1, 0.15) is 63.5 Å². The van der Waals surface area contributed by atoms with Gasteiger partial charge in [0.2, 0.25) is 0 Å². The van der Waals surface area contributed by atoms with E-state index in [0.29, 0.717) is 5.92 Å². The largest absolute Gasteiger partial charge is 0.273 e. The monoisotopic (exact) mass is 235 g/mol. The smallest absolute Gasteiger partial charge is 0.258 e. The second-order valence-corrected chi connectivity index (χ2v) is 4.69. The Hall–Kier alpha value is -1.38. The summed E-state index contributed by atoms with van der Waals surface area (Å²) >= 11 is 0. The summed E-state index contributed by atoms with van der Waals surface area (Å²) < 4.78 is 0. The van der Waals surface area contributed by atoms with Gasteiger partial charge >= 0.3 is 0 Å². The van der Waals surface area contributed by atoms with Crippen LogP contribution in [0.3, 0.4) is 0 Å². The lowest BCUT2D eigenvalue weighted by Crippen LogP contribution is -2.01. The molecule has 0 saturated heterocycles. The summed E-state index contributed by atoms with van der Waals surface area (Å²) in [7, 11) is 0. The normalized spacial score (nSPS) is 14.4. The highest BCUT2D eigenvalue weighted by Gasteiger charge is 2.19. The molecule has 3 heteroatoms. The number of hydrogen-bond donors (Lipinski definition) is 0. The molecule has 0 fully saturated rings. The summed E-state index contributed by atoms with van der Waals surface area (Å²) in [6.45, 7) is 8.28. The first-order valence-electron chi connectivity index (χ1n) is 6.29.